The van der Waals surface area contributed by atoms with Crippen molar-refractivity contribution in [1.82, 2.24) is 0 Å². The van der Waals surface area contributed by atoms with Crippen molar-refractivity contribution in [1.29, 1.82) is 0 Å². The van der Waals surface area contributed by atoms with Gasteiger partial charge < -0.3 is 9.22 Å². The lowest BCUT2D eigenvalue weighted by Gasteiger charge is -2.36. The fourth-order valence-electron chi connectivity index (χ4n) is 2.44. The molecule has 0 radical (unpaired) electrons. The number of hydrogen-bond acceptors (Lipinski definition) is 1. The van der Waals surface area contributed by atoms with Crippen LogP contribution in [-0.4, -0.2) is 43.4 Å². The van der Waals surface area contributed by atoms with Crippen LogP contribution in [0, 0.1) is 0 Å². The summed E-state index contributed by atoms with van der Waals surface area (Å²) in [5, 5.41) is 0. The highest BCUT2D eigenvalue weighted by Crippen LogP contribution is 2.18. The van der Waals surface area contributed by atoms with E-state index < -0.39 is 0 Å². The SMILES string of the molecule is CCC/C=C/CCC[N+](CC)(CC)CC1CO1. The Hall–Kier alpha value is -0.340. The molecule has 1 rings (SSSR count). The van der Waals surface area contributed by atoms with Crippen molar-refractivity contribution in [2.24, 2.45) is 0 Å². The van der Waals surface area contributed by atoms with Crippen molar-refractivity contribution in [2.45, 2.75) is 52.6 Å². The zero-order valence-corrected chi connectivity index (χ0v) is 12.0. The number of nitrogens with zero attached hydrogens (tertiary/aromatic N) is 1. The molecule has 2 heteroatoms. The second kappa shape index (κ2) is 7.88. The van der Waals surface area contributed by atoms with E-state index in [0.29, 0.717) is 6.10 Å². The summed E-state index contributed by atoms with van der Waals surface area (Å²) in [7, 11) is 0. The first-order valence-corrected chi connectivity index (χ1v) is 7.38. The van der Waals surface area contributed by atoms with Gasteiger partial charge in [0, 0.05) is 6.42 Å². The average Bonchev–Trinajstić information content (AvgIpc) is 3.16. The quantitative estimate of drug-likeness (QED) is 0.247. The molecule has 0 N–H and O–H groups in total. The van der Waals surface area contributed by atoms with Gasteiger partial charge in [0.25, 0.3) is 0 Å². The molecular weight excluding hydrogens is 210 g/mol. The topological polar surface area (TPSA) is 12.5 Å². The molecule has 2 nitrogen and oxygen atoms in total. The standard InChI is InChI=1S/C15H30NO/c1-4-7-8-9-10-11-12-16(5-2,6-3)13-15-14-17-15/h8-9,15H,4-7,10-14H2,1-3H3/q+1/b9-8+. The van der Waals surface area contributed by atoms with E-state index in [-0.39, 0.29) is 0 Å². The Kier molecular flexibility index (Phi) is 6.83. The molecule has 1 unspecified atom stereocenters. The Morgan fingerprint density at radius 2 is 1.76 bits per heavy atom. The molecule has 1 fully saturated rings. The van der Waals surface area contributed by atoms with Crippen LogP contribution in [0.15, 0.2) is 12.2 Å². The molecule has 0 aromatic carbocycles. The van der Waals surface area contributed by atoms with Crippen molar-refractivity contribution >= 4 is 0 Å². The largest absolute Gasteiger partial charge is 0.367 e. The predicted molar refractivity (Wildman–Crippen MR) is 74.1 cm³/mol. The number of ether oxygens (including phenoxy) is 1. The minimum absolute atomic E-state index is 0.561. The Morgan fingerprint density at radius 3 is 2.29 bits per heavy atom. The maximum absolute atomic E-state index is 5.40. The summed E-state index contributed by atoms with van der Waals surface area (Å²) in [4.78, 5) is 0. The number of allylic oxidation sites excluding steroid dienone is 2. The van der Waals surface area contributed by atoms with E-state index >= 15 is 0 Å². The fourth-order valence-corrected chi connectivity index (χ4v) is 2.44. The zero-order chi connectivity index (χ0) is 12.6. The van der Waals surface area contributed by atoms with Crippen molar-refractivity contribution < 1.29 is 9.22 Å². The van der Waals surface area contributed by atoms with E-state index in [1.54, 1.807) is 0 Å². The molecule has 17 heavy (non-hydrogen) atoms. The van der Waals surface area contributed by atoms with Crippen LogP contribution in [-0.2, 0) is 4.74 Å². The molecule has 1 aliphatic heterocycles. The third-order valence-corrected chi connectivity index (χ3v) is 3.96. The summed E-state index contributed by atoms with van der Waals surface area (Å²) in [6, 6.07) is 0. The van der Waals surface area contributed by atoms with Gasteiger partial charge in [0.1, 0.15) is 12.6 Å². The normalized spacial score (nSPS) is 20.1. The third kappa shape index (κ3) is 5.69. The number of epoxide rings is 1. The first-order chi connectivity index (χ1) is 8.26. The molecule has 0 bridgehead atoms. The van der Waals surface area contributed by atoms with Crippen LogP contribution in [0.25, 0.3) is 0 Å². The summed E-state index contributed by atoms with van der Waals surface area (Å²) in [6.45, 7) is 12.9. The van der Waals surface area contributed by atoms with Gasteiger partial charge in [0.2, 0.25) is 0 Å². The van der Waals surface area contributed by atoms with Crippen molar-refractivity contribution in [3.8, 4) is 0 Å². The first kappa shape index (κ1) is 14.7. The Labute approximate surface area is 107 Å². The number of likely N-dealkylation sites (N-methyl/N-ethyl adjacent to an activating group) is 1. The second-order valence-electron chi connectivity index (χ2n) is 5.24. The molecular formula is C15H30NO+. The molecule has 0 aromatic rings. The molecule has 1 atom stereocenters. The second-order valence-corrected chi connectivity index (χ2v) is 5.24. The zero-order valence-electron chi connectivity index (χ0n) is 12.0. The maximum atomic E-state index is 5.40. The van der Waals surface area contributed by atoms with E-state index in [4.69, 9.17) is 4.74 Å². The molecule has 0 aromatic heterocycles. The van der Waals surface area contributed by atoms with E-state index in [1.807, 2.05) is 0 Å². The molecule has 0 amide bonds. The highest BCUT2D eigenvalue weighted by molar-refractivity contribution is 4.80. The Bertz CT molecular complexity index is 217. The fraction of sp³-hybridized carbons (Fsp3) is 0.867. The minimum Gasteiger partial charge on any atom is -0.367 e. The van der Waals surface area contributed by atoms with E-state index in [1.165, 1.54) is 56.3 Å². The van der Waals surface area contributed by atoms with Crippen LogP contribution in [0.1, 0.15) is 46.5 Å². The molecule has 0 spiro atoms. The van der Waals surface area contributed by atoms with Gasteiger partial charge in [-0.15, -0.1) is 0 Å². The lowest BCUT2D eigenvalue weighted by Crippen LogP contribution is -2.50. The van der Waals surface area contributed by atoms with Gasteiger partial charge in [-0.25, -0.2) is 0 Å². The highest BCUT2D eigenvalue weighted by Gasteiger charge is 2.34. The van der Waals surface area contributed by atoms with Crippen LogP contribution >= 0.6 is 0 Å². The Morgan fingerprint density at radius 1 is 1.12 bits per heavy atom. The van der Waals surface area contributed by atoms with Crippen molar-refractivity contribution in [2.75, 3.05) is 32.8 Å². The molecule has 1 heterocycles. The van der Waals surface area contributed by atoms with Crippen molar-refractivity contribution in [3.05, 3.63) is 12.2 Å². The maximum Gasteiger partial charge on any atom is 0.130 e. The molecule has 100 valence electrons. The minimum atomic E-state index is 0.561. The van der Waals surface area contributed by atoms with Crippen LogP contribution in [0.3, 0.4) is 0 Å². The van der Waals surface area contributed by atoms with Gasteiger partial charge >= 0.3 is 0 Å². The molecule has 0 saturated carbocycles. The number of quaternary nitrogens is 1. The van der Waals surface area contributed by atoms with Gasteiger partial charge in [-0.2, -0.15) is 0 Å². The number of rotatable bonds is 10. The van der Waals surface area contributed by atoms with Crippen LogP contribution in [0.2, 0.25) is 0 Å². The predicted octanol–water partition coefficient (Wildman–Crippen LogP) is 3.38. The van der Waals surface area contributed by atoms with Gasteiger partial charge in [-0.05, 0) is 26.7 Å². The van der Waals surface area contributed by atoms with Gasteiger partial charge in [-0.1, -0.05) is 25.5 Å². The summed E-state index contributed by atoms with van der Waals surface area (Å²) in [5.74, 6) is 0. The molecule has 1 aliphatic rings. The third-order valence-electron chi connectivity index (χ3n) is 3.96. The van der Waals surface area contributed by atoms with Crippen LogP contribution in [0.4, 0.5) is 0 Å². The lowest BCUT2D eigenvalue weighted by atomic mass is 10.2. The van der Waals surface area contributed by atoms with Gasteiger partial charge in [-0.3, -0.25) is 0 Å². The summed E-state index contributed by atoms with van der Waals surface area (Å²) >= 11 is 0. The van der Waals surface area contributed by atoms with Gasteiger partial charge in [0.05, 0.1) is 26.2 Å². The van der Waals surface area contributed by atoms with E-state index in [0.717, 1.165) is 6.61 Å². The van der Waals surface area contributed by atoms with Crippen LogP contribution < -0.4 is 0 Å². The summed E-state index contributed by atoms with van der Waals surface area (Å²) < 4.78 is 6.64. The number of hydrogen-bond donors (Lipinski definition) is 0. The first-order valence-electron chi connectivity index (χ1n) is 7.38. The van der Waals surface area contributed by atoms with E-state index in [2.05, 4.69) is 32.9 Å². The summed E-state index contributed by atoms with van der Waals surface area (Å²) in [6.07, 6.45) is 10.3. The molecule has 0 aliphatic carbocycles. The lowest BCUT2D eigenvalue weighted by molar-refractivity contribution is -0.925. The smallest absolute Gasteiger partial charge is 0.130 e. The van der Waals surface area contributed by atoms with Crippen LogP contribution in [0.5, 0.6) is 0 Å². The van der Waals surface area contributed by atoms with Crippen molar-refractivity contribution in [3.63, 3.8) is 0 Å². The monoisotopic (exact) mass is 240 g/mol. The molecule has 1 saturated heterocycles. The van der Waals surface area contributed by atoms with E-state index in [9.17, 15) is 0 Å². The summed E-state index contributed by atoms with van der Waals surface area (Å²) in [5.41, 5.74) is 0. The average molecular weight is 240 g/mol. The van der Waals surface area contributed by atoms with Gasteiger partial charge in [0.15, 0.2) is 0 Å². The highest BCUT2D eigenvalue weighted by atomic mass is 16.6. The Balaban J connectivity index is 2.23. The number of unbranched alkanes of at least 4 members (excludes halogenated alkanes) is 2.